The van der Waals surface area contributed by atoms with E-state index in [9.17, 15) is 14.0 Å². The second-order valence-electron chi connectivity index (χ2n) is 8.01. The van der Waals surface area contributed by atoms with Crippen molar-refractivity contribution in [3.8, 4) is 11.5 Å². The number of amides is 2. The third-order valence-electron chi connectivity index (χ3n) is 5.54. The SMILES string of the molecule is COc1cc(/C=C2\SC(=S)N([C@H](C)c3ccccc3)C2=O)ccc1OCC(=O)Nc1ccc(F)c(Cl)c1. The molecule has 1 atom stereocenters. The summed E-state index contributed by atoms with van der Waals surface area (Å²) >= 11 is 12.5. The van der Waals surface area contributed by atoms with E-state index in [1.54, 1.807) is 29.2 Å². The van der Waals surface area contributed by atoms with E-state index in [0.29, 0.717) is 32.0 Å². The van der Waals surface area contributed by atoms with Crippen LogP contribution in [0.25, 0.3) is 6.08 Å². The number of rotatable bonds is 8. The highest BCUT2D eigenvalue weighted by molar-refractivity contribution is 8.26. The fraction of sp³-hybridized carbons (Fsp3) is 0.148. The molecule has 3 aromatic carbocycles. The third kappa shape index (κ3) is 6.30. The molecule has 0 saturated carbocycles. The van der Waals surface area contributed by atoms with Crippen molar-refractivity contribution in [3.05, 3.63) is 93.6 Å². The molecule has 10 heteroatoms. The van der Waals surface area contributed by atoms with Crippen molar-refractivity contribution in [2.45, 2.75) is 13.0 Å². The zero-order valence-electron chi connectivity index (χ0n) is 19.9. The number of carbonyl (C=O) groups excluding carboxylic acids is 2. The van der Waals surface area contributed by atoms with Gasteiger partial charge in [-0.05, 0) is 54.5 Å². The maximum atomic E-state index is 13.3. The second-order valence-corrected chi connectivity index (χ2v) is 10.1. The molecule has 190 valence electrons. The van der Waals surface area contributed by atoms with Gasteiger partial charge in [0.2, 0.25) is 0 Å². The van der Waals surface area contributed by atoms with Gasteiger partial charge < -0.3 is 14.8 Å². The van der Waals surface area contributed by atoms with Crippen LogP contribution in [-0.4, -0.2) is 34.8 Å². The van der Waals surface area contributed by atoms with Crippen LogP contribution in [-0.2, 0) is 9.59 Å². The van der Waals surface area contributed by atoms with Gasteiger partial charge in [-0.3, -0.25) is 14.5 Å². The van der Waals surface area contributed by atoms with E-state index in [0.717, 1.165) is 11.6 Å². The molecule has 2 amide bonds. The predicted molar refractivity (Wildman–Crippen MR) is 148 cm³/mol. The molecule has 4 rings (SSSR count). The Hall–Kier alpha value is -3.40. The number of nitrogens with zero attached hydrogens (tertiary/aromatic N) is 1. The highest BCUT2D eigenvalue weighted by atomic mass is 35.5. The Morgan fingerprint density at radius 1 is 1.16 bits per heavy atom. The number of benzene rings is 3. The molecule has 1 fully saturated rings. The highest BCUT2D eigenvalue weighted by Gasteiger charge is 2.35. The van der Waals surface area contributed by atoms with Gasteiger partial charge in [-0.15, -0.1) is 0 Å². The van der Waals surface area contributed by atoms with Crippen LogP contribution in [0.15, 0.2) is 71.6 Å². The van der Waals surface area contributed by atoms with Crippen molar-refractivity contribution >= 4 is 63.5 Å². The maximum Gasteiger partial charge on any atom is 0.266 e. The number of hydrogen-bond donors (Lipinski definition) is 1. The third-order valence-corrected chi connectivity index (χ3v) is 7.16. The van der Waals surface area contributed by atoms with Crippen LogP contribution >= 0.6 is 35.6 Å². The minimum atomic E-state index is -0.575. The van der Waals surface area contributed by atoms with Crippen molar-refractivity contribution in [3.63, 3.8) is 0 Å². The average molecular weight is 557 g/mol. The lowest BCUT2D eigenvalue weighted by Gasteiger charge is -2.23. The molecule has 0 spiro atoms. The first-order valence-electron chi connectivity index (χ1n) is 11.1. The standard InChI is InChI=1S/C27H22ClFN2O4S2/c1-16(18-6-4-3-5-7-18)31-26(33)24(37-27(31)36)13-17-8-11-22(23(12-17)34-2)35-15-25(32)30-19-9-10-21(29)20(28)14-19/h3-14,16H,15H2,1-2H3,(H,30,32)/b24-13-/t16-/m1/s1. The molecule has 1 saturated heterocycles. The van der Waals surface area contributed by atoms with Gasteiger partial charge in [0.25, 0.3) is 11.8 Å². The first-order chi connectivity index (χ1) is 17.8. The van der Waals surface area contributed by atoms with E-state index in [2.05, 4.69) is 5.32 Å². The Bertz CT molecular complexity index is 1380. The van der Waals surface area contributed by atoms with Gasteiger partial charge in [-0.1, -0.05) is 72.0 Å². The van der Waals surface area contributed by atoms with Gasteiger partial charge in [0.15, 0.2) is 18.1 Å². The molecule has 0 unspecified atom stereocenters. The summed E-state index contributed by atoms with van der Waals surface area (Å²) in [6.45, 7) is 1.64. The summed E-state index contributed by atoms with van der Waals surface area (Å²) in [7, 11) is 1.48. The predicted octanol–water partition coefficient (Wildman–Crippen LogP) is 6.47. The number of nitrogens with one attached hydrogen (secondary N) is 1. The monoisotopic (exact) mass is 556 g/mol. The van der Waals surface area contributed by atoms with Gasteiger partial charge in [0.05, 0.1) is 23.1 Å². The summed E-state index contributed by atoms with van der Waals surface area (Å²) < 4.78 is 24.8. The number of halogens is 2. The fourth-order valence-corrected chi connectivity index (χ4v) is 5.25. The fourth-order valence-electron chi connectivity index (χ4n) is 3.65. The quantitative estimate of drug-likeness (QED) is 0.253. The molecule has 37 heavy (non-hydrogen) atoms. The minimum Gasteiger partial charge on any atom is -0.493 e. The van der Waals surface area contributed by atoms with Crippen LogP contribution in [0.5, 0.6) is 11.5 Å². The smallest absolute Gasteiger partial charge is 0.266 e. The summed E-state index contributed by atoms with van der Waals surface area (Å²) in [5.41, 5.74) is 2.05. The Kier molecular flexibility index (Phi) is 8.48. The molecule has 6 nitrogen and oxygen atoms in total. The highest BCUT2D eigenvalue weighted by Crippen LogP contribution is 2.39. The van der Waals surface area contributed by atoms with Crippen LogP contribution in [0.1, 0.15) is 24.1 Å². The zero-order chi connectivity index (χ0) is 26.5. The summed E-state index contributed by atoms with van der Waals surface area (Å²) in [5, 5.41) is 2.49. The van der Waals surface area contributed by atoms with Crippen molar-refractivity contribution in [2.24, 2.45) is 0 Å². The van der Waals surface area contributed by atoms with Crippen molar-refractivity contribution in [1.82, 2.24) is 4.90 Å². The van der Waals surface area contributed by atoms with E-state index in [1.807, 2.05) is 37.3 Å². The van der Waals surface area contributed by atoms with Crippen molar-refractivity contribution < 1.29 is 23.5 Å². The van der Waals surface area contributed by atoms with E-state index in [1.165, 1.54) is 31.0 Å². The number of anilines is 1. The number of ether oxygens (including phenoxy) is 2. The average Bonchev–Trinajstić information content (AvgIpc) is 3.17. The number of thioether (sulfide) groups is 1. The summed E-state index contributed by atoms with van der Waals surface area (Å²) in [4.78, 5) is 27.5. The van der Waals surface area contributed by atoms with Crippen molar-refractivity contribution in [2.75, 3.05) is 19.0 Å². The number of carbonyl (C=O) groups is 2. The van der Waals surface area contributed by atoms with Crippen LogP contribution in [0.3, 0.4) is 0 Å². The van der Waals surface area contributed by atoms with E-state index in [-0.39, 0.29) is 23.6 Å². The van der Waals surface area contributed by atoms with Gasteiger partial charge in [0.1, 0.15) is 10.1 Å². The zero-order valence-corrected chi connectivity index (χ0v) is 22.3. The molecule has 0 aromatic heterocycles. The molecular formula is C27H22ClFN2O4S2. The van der Waals surface area contributed by atoms with Crippen LogP contribution in [0, 0.1) is 5.82 Å². The summed E-state index contributed by atoms with van der Waals surface area (Å²) in [6, 6.07) is 18.5. The molecule has 1 N–H and O–H groups in total. The second kappa shape index (κ2) is 11.8. The van der Waals surface area contributed by atoms with Crippen LogP contribution in [0.4, 0.5) is 10.1 Å². The maximum absolute atomic E-state index is 13.3. The topological polar surface area (TPSA) is 67.9 Å². The van der Waals surface area contributed by atoms with Crippen molar-refractivity contribution in [1.29, 1.82) is 0 Å². The van der Waals surface area contributed by atoms with E-state index in [4.69, 9.17) is 33.3 Å². The Morgan fingerprint density at radius 2 is 1.92 bits per heavy atom. The Labute approximate surface area is 228 Å². The number of thiocarbonyl (C=S) groups is 1. The van der Waals surface area contributed by atoms with Gasteiger partial charge in [-0.25, -0.2) is 4.39 Å². The van der Waals surface area contributed by atoms with Crippen LogP contribution in [0.2, 0.25) is 5.02 Å². The Morgan fingerprint density at radius 3 is 2.62 bits per heavy atom. The van der Waals surface area contributed by atoms with E-state index >= 15 is 0 Å². The molecule has 1 aliphatic heterocycles. The van der Waals surface area contributed by atoms with E-state index < -0.39 is 11.7 Å². The Balaban J connectivity index is 1.43. The molecule has 0 bridgehead atoms. The largest absolute Gasteiger partial charge is 0.493 e. The molecule has 1 aliphatic rings. The van der Waals surface area contributed by atoms with Gasteiger partial charge in [0, 0.05) is 5.69 Å². The normalized spacial score (nSPS) is 15.1. The first-order valence-corrected chi connectivity index (χ1v) is 12.7. The van der Waals surface area contributed by atoms with Gasteiger partial charge >= 0.3 is 0 Å². The van der Waals surface area contributed by atoms with Gasteiger partial charge in [-0.2, -0.15) is 0 Å². The number of methoxy groups -OCH3 is 1. The number of hydrogen-bond acceptors (Lipinski definition) is 6. The lowest BCUT2D eigenvalue weighted by molar-refractivity contribution is -0.123. The first kappa shape index (κ1) is 26.7. The minimum absolute atomic E-state index is 0.0950. The van der Waals surface area contributed by atoms with Crippen LogP contribution < -0.4 is 14.8 Å². The lowest BCUT2D eigenvalue weighted by Crippen LogP contribution is -2.30. The molecule has 0 radical (unpaired) electrons. The molecule has 0 aliphatic carbocycles. The summed E-state index contributed by atoms with van der Waals surface area (Å²) in [5.74, 6) is -0.460. The molecular weight excluding hydrogens is 535 g/mol. The molecule has 1 heterocycles. The summed E-state index contributed by atoms with van der Waals surface area (Å²) in [6.07, 6.45) is 1.74. The lowest BCUT2D eigenvalue weighted by atomic mass is 10.1. The molecule has 3 aromatic rings.